The Balaban J connectivity index is 2.41. The number of nitriles is 1. The van der Waals surface area contributed by atoms with E-state index in [0.717, 1.165) is 5.56 Å². The zero-order valence-electron chi connectivity index (χ0n) is 9.77. The fraction of sp³-hybridized carbons (Fsp3) is 0. The van der Waals surface area contributed by atoms with E-state index in [-0.39, 0.29) is 11.6 Å². The summed E-state index contributed by atoms with van der Waals surface area (Å²) in [7, 11) is 0. The van der Waals surface area contributed by atoms with Gasteiger partial charge >= 0.3 is 0 Å². The van der Waals surface area contributed by atoms with Crippen LogP contribution in [-0.4, -0.2) is 5.11 Å². The summed E-state index contributed by atoms with van der Waals surface area (Å²) in [6.07, 6.45) is 1.70. The fourth-order valence-electron chi connectivity index (χ4n) is 1.59. The Morgan fingerprint density at radius 1 is 1.21 bits per heavy atom. The van der Waals surface area contributed by atoms with Gasteiger partial charge in [-0.25, -0.2) is 4.39 Å². The number of phenolic OH excluding ortho intramolecular Hbond substituents is 1. The molecule has 0 amide bonds. The van der Waals surface area contributed by atoms with Crippen molar-refractivity contribution in [1.82, 2.24) is 0 Å². The van der Waals surface area contributed by atoms with E-state index >= 15 is 0 Å². The largest absolute Gasteiger partial charge is 0.507 e. The van der Waals surface area contributed by atoms with Gasteiger partial charge in [0.05, 0.1) is 15.2 Å². The Hall–Kier alpha value is -1.87. The van der Waals surface area contributed by atoms with Crippen LogP contribution < -0.4 is 0 Å². The molecule has 0 saturated carbocycles. The Labute approximate surface area is 124 Å². The molecular weight excluding hydrogens is 356 g/mol. The number of rotatable bonds is 2. The summed E-state index contributed by atoms with van der Waals surface area (Å²) < 4.78 is 13.6. The van der Waals surface area contributed by atoms with Crippen molar-refractivity contribution in [2.24, 2.45) is 0 Å². The lowest BCUT2D eigenvalue weighted by atomic mass is 10.0. The predicted molar refractivity (Wildman–Crippen MR) is 80.7 cm³/mol. The fourth-order valence-corrected chi connectivity index (χ4v) is 2.13. The van der Waals surface area contributed by atoms with Crippen molar-refractivity contribution in [2.45, 2.75) is 0 Å². The minimum Gasteiger partial charge on any atom is -0.507 e. The summed E-state index contributed by atoms with van der Waals surface area (Å²) in [5, 5.41) is 18.6. The molecule has 0 unspecified atom stereocenters. The zero-order valence-corrected chi connectivity index (χ0v) is 11.9. The highest BCUT2D eigenvalue weighted by Crippen LogP contribution is 2.23. The lowest BCUT2D eigenvalue weighted by Gasteiger charge is -2.01. The van der Waals surface area contributed by atoms with Crippen molar-refractivity contribution in [3.63, 3.8) is 0 Å². The van der Waals surface area contributed by atoms with Gasteiger partial charge in [0.1, 0.15) is 11.6 Å². The second-order valence-corrected chi connectivity index (χ2v) is 5.05. The summed E-state index contributed by atoms with van der Waals surface area (Å²) in [4.78, 5) is 0. The summed E-state index contributed by atoms with van der Waals surface area (Å²) >= 11 is 2.02. The summed E-state index contributed by atoms with van der Waals surface area (Å²) in [5.41, 5.74) is 1.91. The molecule has 2 rings (SSSR count). The van der Waals surface area contributed by atoms with Gasteiger partial charge in [-0.2, -0.15) is 5.26 Å². The number of halogens is 2. The van der Waals surface area contributed by atoms with Crippen molar-refractivity contribution in [3.05, 3.63) is 63.0 Å². The van der Waals surface area contributed by atoms with Crippen LogP contribution in [0.5, 0.6) is 5.75 Å². The molecule has 0 aromatic heterocycles. The SMILES string of the molecule is N#C/C(=C/c1ccc(O)c(I)c1)c1ccc(F)cc1. The molecule has 19 heavy (non-hydrogen) atoms. The number of nitrogens with zero attached hydrogens (tertiary/aromatic N) is 1. The van der Waals surface area contributed by atoms with Gasteiger partial charge in [0, 0.05) is 0 Å². The van der Waals surface area contributed by atoms with Gasteiger partial charge in [-0.1, -0.05) is 18.2 Å². The molecule has 0 aliphatic carbocycles. The normalized spacial score (nSPS) is 11.1. The van der Waals surface area contributed by atoms with Gasteiger partial charge in [0.15, 0.2) is 0 Å². The van der Waals surface area contributed by atoms with Crippen molar-refractivity contribution in [1.29, 1.82) is 5.26 Å². The molecule has 0 atom stereocenters. The predicted octanol–water partition coefficient (Wildman–Crippen LogP) is 4.20. The van der Waals surface area contributed by atoms with Crippen LogP contribution >= 0.6 is 22.6 Å². The number of hydrogen-bond acceptors (Lipinski definition) is 2. The maximum atomic E-state index is 12.8. The minimum absolute atomic E-state index is 0.207. The van der Waals surface area contributed by atoms with Gasteiger partial charge in [0.25, 0.3) is 0 Å². The standard InChI is InChI=1S/C15H9FINO/c16-13-4-2-11(3-5-13)12(9-18)7-10-1-6-15(19)14(17)8-10/h1-8,19H/b12-7-. The van der Waals surface area contributed by atoms with Crippen LogP contribution in [0.3, 0.4) is 0 Å². The number of aromatic hydroxyl groups is 1. The molecule has 4 heteroatoms. The second-order valence-electron chi connectivity index (χ2n) is 3.89. The van der Waals surface area contributed by atoms with Crippen LogP contribution in [0.15, 0.2) is 42.5 Å². The summed E-state index contributed by atoms with van der Waals surface area (Å²) in [5.74, 6) is -0.127. The van der Waals surface area contributed by atoms with Crippen LogP contribution in [0.25, 0.3) is 11.6 Å². The molecule has 94 valence electrons. The van der Waals surface area contributed by atoms with E-state index in [2.05, 4.69) is 6.07 Å². The highest BCUT2D eigenvalue weighted by atomic mass is 127. The molecule has 2 nitrogen and oxygen atoms in total. The molecule has 0 aliphatic rings. The molecule has 2 aromatic rings. The lowest BCUT2D eigenvalue weighted by molar-refractivity contribution is 0.471. The van der Waals surface area contributed by atoms with Crippen molar-refractivity contribution < 1.29 is 9.50 Å². The molecule has 1 N–H and O–H groups in total. The Bertz CT molecular complexity index is 672. The number of hydrogen-bond donors (Lipinski definition) is 1. The number of allylic oxidation sites excluding steroid dienone is 1. The second kappa shape index (κ2) is 5.85. The number of benzene rings is 2. The first-order valence-electron chi connectivity index (χ1n) is 5.46. The minimum atomic E-state index is -0.333. The van der Waals surface area contributed by atoms with Crippen molar-refractivity contribution >= 4 is 34.2 Å². The van der Waals surface area contributed by atoms with E-state index in [1.807, 2.05) is 22.6 Å². The summed E-state index contributed by atoms with van der Waals surface area (Å²) in [6, 6.07) is 12.9. The molecule has 2 aromatic carbocycles. The van der Waals surface area contributed by atoms with Crippen LogP contribution in [0, 0.1) is 20.7 Å². The van der Waals surface area contributed by atoms with Crippen LogP contribution in [0.2, 0.25) is 0 Å². The average Bonchev–Trinajstić information content (AvgIpc) is 2.41. The van der Waals surface area contributed by atoms with E-state index in [9.17, 15) is 14.8 Å². The molecule has 0 bridgehead atoms. The molecule has 0 saturated heterocycles. The topological polar surface area (TPSA) is 44.0 Å². The van der Waals surface area contributed by atoms with E-state index in [1.165, 1.54) is 12.1 Å². The van der Waals surface area contributed by atoms with Crippen LogP contribution in [-0.2, 0) is 0 Å². The van der Waals surface area contributed by atoms with E-state index in [4.69, 9.17) is 0 Å². The van der Waals surface area contributed by atoms with Gasteiger partial charge < -0.3 is 5.11 Å². The molecular formula is C15H9FINO. The monoisotopic (exact) mass is 365 g/mol. The van der Waals surface area contributed by atoms with Crippen LogP contribution in [0.4, 0.5) is 4.39 Å². The quantitative estimate of drug-likeness (QED) is 0.493. The third-order valence-corrected chi connectivity index (χ3v) is 3.42. The van der Waals surface area contributed by atoms with E-state index < -0.39 is 0 Å². The van der Waals surface area contributed by atoms with Gasteiger partial charge in [-0.3, -0.25) is 0 Å². The van der Waals surface area contributed by atoms with Crippen molar-refractivity contribution in [2.75, 3.05) is 0 Å². The molecule has 0 fully saturated rings. The van der Waals surface area contributed by atoms with Crippen LogP contribution in [0.1, 0.15) is 11.1 Å². The highest BCUT2D eigenvalue weighted by Gasteiger charge is 2.03. The molecule has 0 spiro atoms. The maximum absolute atomic E-state index is 12.8. The lowest BCUT2D eigenvalue weighted by Crippen LogP contribution is -1.84. The van der Waals surface area contributed by atoms with Gasteiger partial charge in [-0.15, -0.1) is 0 Å². The van der Waals surface area contributed by atoms with E-state index in [1.54, 1.807) is 36.4 Å². The molecule has 0 aliphatic heterocycles. The molecule has 0 radical (unpaired) electrons. The first kappa shape index (κ1) is 13.6. The first-order valence-corrected chi connectivity index (χ1v) is 6.54. The first-order chi connectivity index (χ1) is 9.10. The Morgan fingerprint density at radius 3 is 2.47 bits per heavy atom. The van der Waals surface area contributed by atoms with Crippen molar-refractivity contribution in [3.8, 4) is 11.8 Å². The Kier molecular flexibility index (Phi) is 4.17. The number of phenols is 1. The maximum Gasteiger partial charge on any atom is 0.128 e. The smallest absolute Gasteiger partial charge is 0.128 e. The average molecular weight is 365 g/mol. The Morgan fingerprint density at radius 2 is 1.89 bits per heavy atom. The summed E-state index contributed by atoms with van der Waals surface area (Å²) in [6.45, 7) is 0. The van der Waals surface area contributed by atoms with E-state index in [0.29, 0.717) is 14.7 Å². The van der Waals surface area contributed by atoms with Gasteiger partial charge in [0.2, 0.25) is 0 Å². The third kappa shape index (κ3) is 3.32. The zero-order chi connectivity index (χ0) is 13.8. The molecule has 0 heterocycles. The third-order valence-electron chi connectivity index (χ3n) is 2.56. The highest BCUT2D eigenvalue weighted by molar-refractivity contribution is 14.1. The van der Waals surface area contributed by atoms with Gasteiger partial charge in [-0.05, 0) is 64.1 Å².